The third kappa shape index (κ3) is 3.69. The molecule has 0 bridgehead atoms. The van der Waals surface area contributed by atoms with Gasteiger partial charge < -0.3 is 15.3 Å². The van der Waals surface area contributed by atoms with E-state index in [-0.39, 0.29) is 11.4 Å². The maximum Gasteiger partial charge on any atom is 0.307 e. The largest absolute Gasteiger partial charge is 0.481 e. The number of aliphatic carboxylic acids is 1. The smallest absolute Gasteiger partial charge is 0.307 e. The third-order valence-corrected chi connectivity index (χ3v) is 4.63. The molecule has 0 aromatic heterocycles. The lowest BCUT2D eigenvalue weighted by atomic mass is 9.93. The molecule has 0 radical (unpaired) electrons. The Labute approximate surface area is 115 Å². The lowest BCUT2D eigenvalue weighted by Gasteiger charge is -2.36. The van der Waals surface area contributed by atoms with Crippen molar-refractivity contribution in [3.63, 3.8) is 0 Å². The first-order valence-corrected chi connectivity index (χ1v) is 6.98. The predicted molar refractivity (Wildman–Crippen MR) is 73.9 cm³/mol. The van der Waals surface area contributed by atoms with Gasteiger partial charge in [0.2, 0.25) is 5.91 Å². The van der Waals surface area contributed by atoms with Gasteiger partial charge in [0.25, 0.3) is 0 Å². The van der Waals surface area contributed by atoms with E-state index in [2.05, 4.69) is 10.2 Å². The number of carboxylic acid groups (broad SMARTS) is 1. The van der Waals surface area contributed by atoms with Gasteiger partial charge in [0.05, 0.1) is 5.92 Å². The molecule has 1 aliphatic rings. The quantitative estimate of drug-likeness (QED) is 0.764. The van der Waals surface area contributed by atoms with Crippen LogP contribution in [0.5, 0.6) is 0 Å². The molecule has 110 valence electrons. The van der Waals surface area contributed by atoms with Gasteiger partial charge in [-0.15, -0.1) is 0 Å². The average molecular weight is 270 g/mol. The number of carbonyl (C=O) groups is 2. The normalized spacial score (nSPS) is 21.1. The summed E-state index contributed by atoms with van der Waals surface area (Å²) in [6, 6.07) is 0. The van der Waals surface area contributed by atoms with Gasteiger partial charge in [-0.05, 0) is 26.9 Å². The van der Waals surface area contributed by atoms with Crippen LogP contribution in [0.2, 0.25) is 0 Å². The fraction of sp³-hybridized carbons (Fsp3) is 0.857. The minimum atomic E-state index is -0.925. The van der Waals surface area contributed by atoms with Gasteiger partial charge in [0, 0.05) is 18.0 Å². The molecule has 19 heavy (non-hydrogen) atoms. The van der Waals surface area contributed by atoms with Crippen molar-refractivity contribution >= 4 is 11.9 Å². The van der Waals surface area contributed by atoms with Crippen LogP contribution < -0.4 is 5.32 Å². The Morgan fingerprint density at radius 2 is 1.74 bits per heavy atom. The molecule has 0 saturated heterocycles. The van der Waals surface area contributed by atoms with Crippen molar-refractivity contribution in [2.24, 2.45) is 11.8 Å². The minimum Gasteiger partial charge on any atom is -0.481 e. The highest BCUT2D eigenvalue weighted by atomic mass is 16.4. The molecule has 5 heteroatoms. The van der Waals surface area contributed by atoms with Crippen LogP contribution in [0, 0.1) is 11.8 Å². The second kappa shape index (κ2) is 6.37. The number of nitrogens with one attached hydrogen (secondary N) is 1. The summed E-state index contributed by atoms with van der Waals surface area (Å²) < 4.78 is 0. The monoisotopic (exact) mass is 270 g/mol. The Bertz CT molecular complexity index is 336. The van der Waals surface area contributed by atoms with Crippen LogP contribution in [0.1, 0.15) is 39.5 Å². The molecule has 1 amide bonds. The van der Waals surface area contributed by atoms with Crippen molar-refractivity contribution in [2.45, 2.75) is 45.1 Å². The molecule has 1 rings (SSSR count). The molecule has 2 unspecified atom stereocenters. The zero-order chi connectivity index (χ0) is 14.6. The van der Waals surface area contributed by atoms with Crippen LogP contribution in [0.15, 0.2) is 0 Å². The number of amides is 1. The van der Waals surface area contributed by atoms with Crippen molar-refractivity contribution in [2.75, 3.05) is 20.6 Å². The summed E-state index contributed by atoms with van der Waals surface area (Å²) in [7, 11) is 4.08. The van der Waals surface area contributed by atoms with Crippen LogP contribution in [0.25, 0.3) is 0 Å². The van der Waals surface area contributed by atoms with Gasteiger partial charge in [-0.3, -0.25) is 9.59 Å². The van der Waals surface area contributed by atoms with Crippen LogP contribution in [-0.2, 0) is 9.59 Å². The van der Waals surface area contributed by atoms with Crippen LogP contribution >= 0.6 is 0 Å². The van der Waals surface area contributed by atoms with Gasteiger partial charge in [-0.25, -0.2) is 0 Å². The summed E-state index contributed by atoms with van der Waals surface area (Å²) in [5.41, 5.74) is 0.0435. The molecule has 0 aliphatic heterocycles. The van der Waals surface area contributed by atoms with Crippen LogP contribution in [-0.4, -0.2) is 48.1 Å². The highest BCUT2D eigenvalue weighted by Crippen LogP contribution is 2.33. The highest BCUT2D eigenvalue weighted by Gasteiger charge is 2.37. The molecule has 1 aliphatic carbocycles. The molecular weight excluding hydrogens is 244 g/mol. The Kier molecular flexibility index (Phi) is 5.35. The van der Waals surface area contributed by atoms with E-state index < -0.39 is 17.8 Å². The molecule has 1 fully saturated rings. The second-order valence-corrected chi connectivity index (χ2v) is 5.96. The van der Waals surface area contributed by atoms with Gasteiger partial charge in [-0.1, -0.05) is 26.7 Å². The first-order valence-electron chi connectivity index (χ1n) is 6.98. The van der Waals surface area contributed by atoms with Crippen molar-refractivity contribution < 1.29 is 14.7 Å². The molecule has 0 spiro atoms. The first kappa shape index (κ1) is 16.0. The summed E-state index contributed by atoms with van der Waals surface area (Å²) in [6.45, 7) is 3.85. The summed E-state index contributed by atoms with van der Waals surface area (Å²) in [4.78, 5) is 25.1. The fourth-order valence-corrected chi connectivity index (χ4v) is 2.67. The summed E-state index contributed by atoms with van der Waals surface area (Å²) in [5.74, 6) is -2.24. The topological polar surface area (TPSA) is 69.6 Å². The Morgan fingerprint density at radius 1 is 1.21 bits per heavy atom. The average Bonchev–Trinajstić information content (AvgIpc) is 2.84. The Balaban J connectivity index is 2.55. The standard InChI is InChI=1S/C14H26N2O3/c1-10(11(2)13(18)19)12(17)15-9-14(16(3)4)7-5-6-8-14/h10-11H,5-9H2,1-4H3,(H,15,17)(H,18,19). The molecule has 2 atom stereocenters. The van der Waals surface area contributed by atoms with Crippen molar-refractivity contribution in [3.05, 3.63) is 0 Å². The number of carboxylic acids is 1. The molecule has 0 aromatic carbocycles. The zero-order valence-electron chi connectivity index (χ0n) is 12.4. The minimum absolute atomic E-state index is 0.0435. The Morgan fingerprint density at radius 3 is 2.16 bits per heavy atom. The Hall–Kier alpha value is -1.10. The second-order valence-electron chi connectivity index (χ2n) is 5.96. The predicted octanol–water partition coefficient (Wildman–Crippen LogP) is 1.33. The molecule has 1 saturated carbocycles. The van der Waals surface area contributed by atoms with E-state index in [0.717, 1.165) is 12.8 Å². The van der Waals surface area contributed by atoms with E-state index in [9.17, 15) is 9.59 Å². The molecular formula is C14H26N2O3. The SMILES string of the molecule is CC(C(=O)O)C(C)C(=O)NCC1(N(C)C)CCCC1. The van der Waals surface area contributed by atoms with Gasteiger partial charge >= 0.3 is 5.97 Å². The van der Waals surface area contributed by atoms with Crippen molar-refractivity contribution in [1.29, 1.82) is 0 Å². The molecule has 0 heterocycles. The van der Waals surface area contributed by atoms with Gasteiger partial charge in [-0.2, -0.15) is 0 Å². The number of nitrogens with zero attached hydrogens (tertiary/aromatic N) is 1. The van der Waals surface area contributed by atoms with E-state index in [0.29, 0.717) is 6.54 Å². The number of rotatable bonds is 6. The maximum atomic E-state index is 12.0. The van der Waals surface area contributed by atoms with E-state index in [4.69, 9.17) is 5.11 Å². The zero-order valence-corrected chi connectivity index (χ0v) is 12.4. The summed E-state index contributed by atoms with van der Waals surface area (Å²) >= 11 is 0. The third-order valence-electron chi connectivity index (χ3n) is 4.63. The fourth-order valence-electron chi connectivity index (χ4n) is 2.67. The number of carbonyl (C=O) groups excluding carboxylic acids is 1. The summed E-state index contributed by atoms with van der Waals surface area (Å²) in [5, 5.41) is 11.9. The van der Waals surface area contributed by atoms with E-state index in [1.165, 1.54) is 12.8 Å². The lowest BCUT2D eigenvalue weighted by molar-refractivity contribution is -0.146. The first-order chi connectivity index (χ1) is 8.80. The van der Waals surface area contributed by atoms with Crippen LogP contribution in [0.3, 0.4) is 0 Å². The van der Waals surface area contributed by atoms with E-state index in [1.54, 1.807) is 13.8 Å². The van der Waals surface area contributed by atoms with E-state index in [1.807, 2.05) is 14.1 Å². The molecule has 5 nitrogen and oxygen atoms in total. The number of hydrogen-bond donors (Lipinski definition) is 2. The lowest BCUT2D eigenvalue weighted by Crippen LogP contribution is -2.52. The van der Waals surface area contributed by atoms with Crippen LogP contribution in [0.4, 0.5) is 0 Å². The number of likely N-dealkylation sites (N-methyl/N-ethyl adjacent to an activating group) is 1. The van der Waals surface area contributed by atoms with Gasteiger partial charge in [0.15, 0.2) is 0 Å². The highest BCUT2D eigenvalue weighted by molar-refractivity contribution is 5.84. The maximum absolute atomic E-state index is 12.0. The van der Waals surface area contributed by atoms with E-state index >= 15 is 0 Å². The number of hydrogen-bond acceptors (Lipinski definition) is 3. The molecule has 2 N–H and O–H groups in total. The van der Waals surface area contributed by atoms with Gasteiger partial charge in [0.1, 0.15) is 0 Å². The van der Waals surface area contributed by atoms with Crippen molar-refractivity contribution in [3.8, 4) is 0 Å². The summed E-state index contributed by atoms with van der Waals surface area (Å²) in [6.07, 6.45) is 4.55. The molecule has 0 aromatic rings. The van der Waals surface area contributed by atoms with Crippen molar-refractivity contribution in [1.82, 2.24) is 10.2 Å².